The summed E-state index contributed by atoms with van der Waals surface area (Å²) in [6.45, 7) is 0. The van der Waals surface area contributed by atoms with Crippen LogP contribution in [0.5, 0.6) is 0 Å². The molecule has 0 aliphatic heterocycles. The van der Waals surface area contributed by atoms with Crippen molar-refractivity contribution >= 4 is 40.5 Å². The first-order valence-electron chi connectivity index (χ1n) is 7.16. The van der Waals surface area contributed by atoms with E-state index >= 15 is 0 Å². The fourth-order valence-corrected chi connectivity index (χ4v) is 2.30. The standard InChI is InChI=1S/C17H11ClN4O3/c18-11-6-7-12-13(8-11)19-15(17(25)20-12)14(9-23)21-22-16(24)10-4-2-1-3-5-10/h1-9H,(H,20,25)(H,22,24)/b21-14+. The first kappa shape index (κ1) is 16.5. The van der Waals surface area contributed by atoms with Crippen molar-refractivity contribution in [2.45, 2.75) is 0 Å². The first-order valence-corrected chi connectivity index (χ1v) is 7.54. The molecule has 0 spiro atoms. The van der Waals surface area contributed by atoms with Gasteiger partial charge in [0.05, 0.1) is 11.0 Å². The average molecular weight is 355 g/mol. The molecule has 0 radical (unpaired) electrons. The molecule has 3 aromatic rings. The summed E-state index contributed by atoms with van der Waals surface area (Å²) >= 11 is 5.91. The quantitative estimate of drug-likeness (QED) is 0.424. The molecule has 0 aliphatic carbocycles. The lowest BCUT2D eigenvalue weighted by Crippen LogP contribution is -2.26. The molecule has 1 aromatic heterocycles. The van der Waals surface area contributed by atoms with E-state index in [0.29, 0.717) is 27.9 Å². The second kappa shape index (κ2) is 7.06. The second-order valence-electron chi connectivity index (χ2n) is 5.00. The number of carbonyl (C=O) groups is 2. The molecule has 0 unspecified atom stereocenters. The number of nitrogens with zero attached hydrogens (tertiary/aromatic N) is 2. The molecular formula is C17H11ClN4O3. The predicted octanol–water partition coefficient (Wildman–Crippen LogP) is 1.91. The lowest BCUT2D eigenvalue weighted by molar-refractivity contribution is -0.102. The third-order valence-corrected chi connectivity index (χ3v) is 3.56. The Kier molecular flexibility index (Phi) is 4.67. The van der Waals surface area contributed by atoms with Crippen molar-refractivity contribution in [3.05, 3.63) is 75.2 Å². The molecule has 8 heteroatoms. The summed E-state index contributed by atoms with van der Waals surface area (Å²) < 4.78 is 0. The molecule has 2 N–H and O–H groups in total. The van der Waals surface area contributed by atoms with Gasteiger partial charge in [0.1, 0.15) is 0 Å². The lowest BCUT2D eigenvalue weighted by atomic mass is 10.2. The summed E-state index contributed by atoms with van der Waals surface area (Å²) in [5, 5.41) is 4.14. The van der Waals surface area contributed by atoms with E-state index < -0.39 is 11.5 Å². The number of hydrogen-bond acceptors (Lipinski definition) is 5. The number of rotatable bonds is 4. The van der Waals surface area contributed by atoms with Crippen LogP contribution in [0.25, 0.3) is 11.0 Å². The zero-order chi connectivity index (χ0) is 17.8. The number of H-pyrrole nitrogens is 1. The molecule has 7 nitrogen and oxygen atoms in total. The number of nitrogens with one attached hydrogen (secondary N) is 2. The topological polar surface area (TPSA) is 104 Å². The minimum Gasteiger partial charge on any atom is -0.319 e. The van der Waals surface area contributed by atoms with E-state index in [9.17, 15) is 14.4 Å². The van der Waals surface area contributed by atoms with Gasteiger partial charge in [-0.3, -0.25) is 14.4 Å². The van der Waals surface area contributed by atoms with Crippen LogP contribution in [-0.2, 0) is 4.79 Å². The maximum Gasteiger partial charge on any atom is 0.276 e. The number of aromatic amines is 1. The smallest absolute Gasteiger partial charge is 0.276 e. The summed E-state index contributed by atoms with van der Waals surface area (Å²) in [5.41, 5.74) is 2.35. The van der Waals surface area contributed by atoms with E-state index in [4.69, 9.17) is 11.6 Å². The van der Waals surface area contributed by atoms with Crippen molar-refractivity contribution in [2.24, 2.45) is 5.10 Å². The highest BCUT2D eigenvalue weighted by Crippen LogP contribution is 2.14. The van der Waals surface area contributed by atoms with Gasteiger partial charge in [-0.25, -0.2) is 10.4 Å². The number of carbonyl (C=O) groups excluding carboxylic acids is 2. The van der Waals surface area contributed by atoms with Gasteiger partial charge in [0, 0.05) is 10.6 Å². The largest absolute Gasteiger partial charge is 0.319 e. The number of hydrogen-bond donors (Lipinski definition) is 2. The fraction of sp³-hybridized carbons (Fsp3) is 0. The molecule has 124 valence electrons. The van der Waals surface area contributed by atoms with Crippen molar-refractivity contribution in [3.63, 3.8) is 0 Å². The van der Waals surface area contributed by atoms with Crippen LogP contribution in [0.15, 0.2) is 58.4 Å². The Morgan fingerprint density at radius 2 is 1.96 bits per heavy atom. The van der Waals surface area contributed by atoms with Crippen molar-refractivity contribution < 1.29 is 9.59 Å². The van der Waals surface area contributed by atoms with E-state index in [1.165, 1.54) is 0 Å². The SMILES string of the molecule is O=C/C(=N\NC(=O)c1ccccc1)c1nc2cc(Cl)ccc2[nH]c1=O. The summed E-state index contributed by atoms with van der Waals surface area (Å²) in [6.07, 6.45) is 0.346. The van der Waals surface area contributed by atoms with Crippen molar-refractivity contribution in [2.75, 3.05) is 0 Å². The van der Waals surface area contributed by atoms with E-state index in [1.807, 2.05) is 0 Å². The third kappa shape index (κ3) is 3.61. The van der Waals surface area contributed by atoms with Crippen LogP contribution in [0.4, 0.5) is 0 Å². The van der Waals surface area contributed by atoms with Crippen LogP contribution in [0.2, 0.25) is 5.02 Å². The predicted molar refractivity (Wildman–Crippen MR) is 93.9 cm³/mol. The van der Waals surface area contributed by atoms with Crippen molar-refractivity contribution in [3.8, 4) is 0 Å². The summed E-state index contributed by atoms with van der Waals surface area (Å²) in [5.74, 6) is -0.514. The molecular weight excluding hydrogens is 344 g/mol. The maximum absolute atomic E-state index is 12.1. The molecule has 0 bridgehead atoms. The molecule has 0 saturated heterocycles. The van der Waals surface area contributed by atoms with Crippen molar-refractivity contribution in [1.29, 1.82) is 0 Å². The van der Waals surface area contributed by atoms with Crippen LogP contribution in [0.3, 0.4) is 0 Å². The fourth-order valence-electron chi connectivity index (χ4n) is 2.13. The number of halogens is 1. The molecule has 1 heterocycles. The van der Waals surface area contributed by atoms with Gasteiger partial charge < -0.3 is 4.98 Å². The van der Waals surface area contributed by atoms with Gasteiger partial charge in [-0.05, 0) is 30.3 Å². The Morgan fingerprint density at radius 3 is 2.68 bits per heavy atom. The molecule has 0 atom stereocenters. The molecule has 0 fully saturated rings. The van der Waals surface area contributed by atoms with Crippen LogP contribution >= 0.6 is 11.6 Å². The number of hydrazone groups is 1. The Hall–Kier alpha value is -3.32. The number of amides is 1. The highest BCUT2D eigenvalue weighted by atomic mass is 35.5. The Labute approximate surface area is 146 Å². The van der Waals surface area contributed by atoms with Gasteiger partial charge in [0.2, 0.25) is 0 Å². The minimum atomic E-state index is -0.602. The number of fused-ring (bicyclic) bond motifs is 1. The molecule has 0 saturated carbocycles. The zero-order valence-electron chi connectivity index (χ0n) is 12.7. The van der Waals surface area contributed by atoms with E-state index in [0.717, 1.165) is 0 Å². The minimum absolute atomic E-state index is 0.210. The summed E-state index contributed by atoms with van der Waals surface area (Å²) in [7, 11) is 0. The number of benzene rings is 2. The lowest BCUT2D eigenvalue weighted by Gasteiger charge is -2.03. The van der Waals surface area contributed by atoms with Crippen LogP contribution in [-0.4, -0.2) is 27.9 Å². The van der Waals surface area contributed by atoms with Crippen molar-refractivity contribution in [1.82, 2.24) is 15.4 Å². The van der Waals surface area contributed by atoms with Gasteiger partial charge in [-0.1, -0.05) is 29.8 Å². The van der Waals surface area contributed by atoms with E-state index in [1.54, 1.807) is 48.5 Å². The Bertz CT molecular complexity index is 1040. The normalized spacial score (nSPS) is 11.3. The number of aromatic nitrogens is 2. The monoisotopic (exact) mass is 354 g/mol. The van der Waals surface area contributed by atoms with Crippen LogP contribution in [0.1, 0.15) is 16.1 Å². The van der Waals surface area contributed by atoms with Gasteiger partial charge in [-0.2, -0.15) is 5.10 Å². The third-order valence-electron chi connectivity index (χ3n) is 3.32. The molecule has 3 rings (SSSR count). The zero-order valence-corrected chi connectivity index (χ0v) is 13.4. The van der Waals surface area contributed by atoms with Crippen LogP contribution in [0, 0.1) is 0 Å². The molecule has 1 amide bonds. The van der Waals surface area contributed by atoms with Gasteiger partial charge in [0.15, 0.2) is 17.7 Å². The van der Waals surface area contributed by atoms with Gasteiger partial charge >= 0.3 is 0 Å². The summed E-state index contributed by atoms with van der Waals surface area (Å²) in [6, 6.07) is 13.1. The van der Waals surface area contributed by atoms with E-state index in [2.05, 4.69) is 20.5 Å². The highest BCUT2D eigenvalue weighted by Gasteiger charge is 2.13. The van der Waals surface area contributed by atoms with Gasteiger partial charge in [-0.15, -0.1) is 0 Å². The average Bonchev–Trinajstić information content (AvgIpc) is 2.63. The van der Waals surface area contributed by atoms with Gasteiger partial charge in [0.25, 0.3) is 11.5 Å². The highest BCUT2D eigenvalue weighted by molar-refractivity contribution is 6.35. The Balaban J connectivity index is 1.96. The number of aldehydes is 1. The molecule has 25 heavy (non-hydrogen) atoms. The maximum atomic E-state index is 12.1. The Morgan fingerprint density at radius 1 is 1.20 bits per heavy atom. The van der Waals surface area contributed by atoms with E-state index in [-0.39, 0.29) is 11.4 Å². The second-order valence-corrected chi connectivity index (χ2v) is 5.43. The molecule has 0 aliphatic rings. The summed E-state index contributed by atoms with van der Waals surface area (Å²) in [4.78, 5) is 42.1. The van der Waals surface area contributed by atoms with Crippen LogP contribution < -0.4 is 11.0 Å². The molecule has 2 aromatic carbocycles. The first-order chi connectivity index (χ1) is 12.1.